The van der Waals surface area contributed by atoms with E-state index in [2.05, 4.69) is 29.8 Å². The SMILES string of the molecule is CCCC(C)C(O)c1cccc(C)c1Br. The van der Waals surface area contributed by atoms with Gasteiger partial charge in [0.1, 0.15) is 0 Å². The molecule has 0 saturated heterocycles. The third kappa shape index (κ3) is 3.05. The second-order valence-electron chi connectivity index (χ2n) is 4.19. The quantitative estimate of drug-likeness (QED) is 0.869. The Hall–Kier alpha value is -0.340. The Morgan fingerprint density at radius 3 is 2.67 bits per heavy atom. The van der Waals surface area contributed by atoms with Crippen LogP contribution in [0.1, 0.15) is 43.9 Å². The number of rotatable bonds is 4. The van der Waals surface area contributed by atoms with Crippen LogP contribution in [0.3, 0.4) is 0 Å². The monoisotopic (exact) mass is 270 g/mol. The lowest BCUT2D eigenvalue weighted by Gasteiger charge is -2.20. The van der Waals surface area contributed by atoms with Crippen LogP contribution in [0.2, 0.25) is 0 Å². The number of halogens is 1. The van der Waals surface area contributed by atoms with Gasteiger partial charge in [0.2, 0.25) is 0 Å². The third-order valence-electron chi connectivity index (χ3n) is 2.82. The zero-order chi connectivity index (χ0) is 11.4. The van der Waals surface area contributed by atoms with Crippen LogP contribution in [-0.4, -0.2) is 5.11 Å². The molecule has 1 nitrogen and oxygen atoms in total. The van der Waals surface area contributed by atoms with Gasteiger partial charge < -0.3 is 5.11 Å². The molecule has 0 aliphatic carbocycles. The lowest BCUT2D eigenvalue weighted by atomic mass is 9.93. The normalized spacial score (nSPS) is 15.0. The fraction of sp³-hybridized carbons (Fsp3) is 0.538. The van der Waals surface area contributed by atoms with Gasteiger partial charge in [0.25, 0.3) is 0 Å². The van der Waals surface area contributed by atoms with Crippen molar-refractivity contribution in [2.75, 3.05) is 0 Å². The predicted octanol–water partition coefficient (Wildman–Crippen LogP) is 4.23. The van der Waals surface area contributed by atoms with Crippen molar-refractivity contribution in [2.45, 2.75) is 39.7 Å². The second kappa shape index (κ2) is 5.66. The molecular formula is C13H19BrO. The minimum Gasteiger partial charge on any atom is -0.388 e. The average molecular weight is 271 g/mol. The first-order valence-corrected chi connectivity index (χ1v) is 6.30. The van der Waals surface area contributed by atoms with Gasteiger partial charge in [-0.05, 0) is 30.4 Å². The highest BCUT2D eigenvalue weighted by molar-refractivity contribution is 9.10. The van der Waals surface area contributed by atoms with Crippen molar-refractivity contribution >= 4 is 15.9 Å². The molecule has 2 atom stereocenters. The number of aliphatic hydroxyl groups excluding tert-OH is 1. The molecule has 1 N–H and O–H groups in total. The summed E-state index contributed by atoms with van der Waals surface area (Å²) in [6.07, 6.45) is 1.81. The molecule has 0 aliphatic rings. The number of aryl methyl sites for hydroxylation is 1. The predicted molar refractivity (Wildman–Crippen MR) is 67.9 cm³/mol. The fourth-order valence-corrected chi connectivity index (χ4v) is 2.32. The van der Waals surface area contributed by atoms with E-state index in [0.717, 1.165) is 22.9 Å². The van der Waals surface area contributed by atoms with E-state index in [9.17, 15) is 5.11 Å². The lowest BCUT2D eigenvalue weighted by Crippen LogP contribution is -2.09. The van der Waals surface area contributed by atoms with Crippen LogP contribution in [0.4, 0.5) is 0 Å². The summed E-state index contributed by atoms with van der Waals surface area (Å²) in [4.78, 5) is 0. The van der Waals surface area contributed by atoms with E-state index in [0.29, 0.717) is 5.92 Å². The van der Waals surface area contributed by atoms with Gasteiger partial charge in [0, 0.05) is 4.47 Å². The topological polar surface area (TPSA) is 20.2 Å². The molecule has 1 aromatic carbocycles. The number of benzene rings is 1. The van der Waals surface area contributed by atoms with E-state index in [1.165, 1.54) is 5.56 Å². The van der Waals surface area contributed by atoms with Crippen molar-refractivity contribution in [1.82, 2.24) is 0 Å². The van der Waals surface area contributed by atoms with E-state index in [-0.39, 0.29) is 6.10 Å². The van der Waals surface area contributed by atoms with Gasteiger partial charge in [-0.25, -0.2) is 0 Å². The molecule has 1 rings (SSSR count). The summed E-state index contributed by atoms with van der Waals surface area (Å²) < 4.78 is 1.04. The van der Waals surface area contributed by atoms with Crippen LogP contribution in [0.25, 0.3) is 0 Å². The zero-order valence-electron chi connectivity index (χ0n) is 9.63. The first kappa shape index (κ1) is 12.7. The molecule has 0 amide bonds. The van der Waals surface area contributed by atoms with Gasteiger partial charge in [0.05, 0.1) is 6.10 Å². The van der Waals surface area contributed by atoms with Crippen molar-refractivity contribution in [3.05, 3.63) is 33.8 Å². The van der Waals surface area contributed by atoms with Crippen molar-refractivity contribution in [1.29, 1.82) is 0 Å². The van der Waals surface area contributed by atoms with Gasteiger partial charge in [-0.2, -0.15) is 0 Å². The first-order valence-electron chi connectivity index (χ1n) is 5.51. The van der Waals surface area contributed by atoms with E-state index >= 15 is 0 Å². The van der Waals surface area contributed by atoms with Crippen LogP contribution < -0.4 is 0 Å². The van der Waals surface area contributed by atoms with Crippen molar-refractivity contribution in [3.8, 4) is 0 Å². The maximum absolute atomic E-state index is 10.2. The third-order valence-corrected chi connectivity index (χ3v) is 3.91. The summed E-state index contributed by atoms with van der Waals surface area (Å²) in [7, 11) is 0. The Labute approximate surface area is 101 Å². The number of hydrogen-bond donors (Lipinski definition) is 1. The van der Waals surface area contributed by atoms with E-state index in [4.69, 9.17) is 0 Å². The smallest absolute Gasteiger partial charge is 0.0826 e. The summed E-state index contributed by atoms with van der Waals surface area (Å²) in [5, 5.41) is 10.2. The molecule has 0 heterocycles. The molecule has 2 heteroatoms. The highest BCUT2D eigenvalue weighted by Gasteiger charge is 2.18. The molecule has 0 aromatic heterocycles. The molecule has 2 unspecified atom stereocenters. The van der Waals surface area contributed by atoms with Crippen LogP contribution in [0.5, 0.6) is 0 Å². The Kier molecular flexibility index (Phi) is 4.81. The molecule has 0 saturated carbocycles. The largest absolute Gasteiger partial charge is 0.388 e. The van der Waals surface area contributed by atoms with Gasteiger partial charge in [-0.1, -0.05) is 54.4 Å². The van der Waals surface area contributed by atoms with E-state index in [1.54, 1.807) is 0 Å². The molecule has 0 spiro atoms. The standard InChI is InChI=1S/C13H19BrO/c1-4-6-10(3)13(15)11-8-5-7-9(2)12(11)14/h5,7-8,10,13,15H,4,6H2,1-3H3. The molecule has 0 fully saturated rings. The second-order valence-corrected chi connectivity index (χ2v) is 4.98. The lowest BCUT2D eigenvalue weighted by molar-refractivity contribution is 0.111. The number of aliphatic hydroxyl groups is 1. The number of hydrogen-bond acceptors (Lipinski definition) is 1. The summed E-state index contributed by atoms with van der Waals surface area (Å²) in [6, 6.07) is 6.04. The van der Waals surface area contributed by atoms with Crippen LogP contribution in [-0.2, 0) is 0 Å². The van der Waals surface area contributed by atoms with Crippen LogP contribution in [0, 0.1) is 12.8 Å². The summed E-state index contributed by atoms with van der Waals surface area (Å²) in [5.74, 6) is 0.313. The van der Waals surface area contributed by atoms with Gasteiger partial charge >= 0.3 is 0 Å². The molecule has 15 heavy (non-hydrogen) atoms. The minimum absolute atomic E-state index is 0.313. The average Bonchev–Trinajstić information content (AvgIpc) is 2.21. The summed E-state index contributed by atoms with van der Waals surface area (Å²) in [6.45, 7) is 6.29. The molecule has 84 valence electrons. The van der Waals surface area contributed by atoms with Gasteiger partial charge in [-0.3, -0.25) is 0 Å². The Morgan fingerprint density at radius 2 is 2.07 bits per heavy atom. The van der Waals surface area contributed by atoms with Crippen LogP contribution >= 0.6 is 15.9 Å². The molecule has 0 bridgehead atoms. The van der Waals surface area contributed by atoms with Crippen LogP contribution in [0.15, 0.2) is 22.7 Å². The molecular weight excluding hydrogens is 252 g/mol. The maximum atomic E-state index is 10.2. The Bertz CT molecular complexity index is 322. The van der Waals surface area contributed by atoms with Crippen molar-refractivity contribution in [2.24, 2.45) is 5.92 Å². The van der Waals surface area contributed by atoms with E-state index in [1.807, 2.05) is 25.1 Å². The minimum atomic E-state index is -0.362. The first-order chi connectivity index (χ1) is 7.07. The molecule has 0 aliphatic heterocycles. The van der Waals surface area contributed by atoms with E-state index < -0.39 is 0 Å². The van der Waals surface area contributed by atoms with Crippen molar-refractivity contribution in [3.63, 3.8) is 0 Å². The fourth-order valence-electron chi connectivity index (χ4n) is 1.82. The highest BCUT2D eigenvalue weighted by Crippen LogP contribution is 2.32. The molecule has 1 aromatic rings. The van der Waals surface area contributed by atoms with Gasteiger partial charge in [-0.15, -0.1) is 0 Å². The van der Waals surface area contributed by atoms with Gasteiger partial charge in [0.15, 0.2) is 0 Å². The Balaban J connectivity index is 2.90. The maximum Gasteiger partial charge on any atom is 0.0826 e. The summed E-state index contributed by atoms with van der Waals surface area (Å²) in [5.41, 5.74) is 2.19. The zero-order valence-corrected chi connectivity index (χ0v) is 11.2. The highest BCUT2D eigenvalue weighted by atomic mass is 79.9. The Morgan fingerprint density at radius 1 is 1.40 bits per heavy atom. The summed E-state index contributed by atoms with van der Waals surface area (Å²) >= 11 is 3.54. The molecule has 0 radical (unpaired) electrons. The van der Waals surface area contributed by atoms with Crippen molar-refractivity contribution < 1.29 is 5.11 Å².